The monoisotopic (exact) mass is 1940 g/mol. The van der Waals surface area contributed by atoms with Crippen LogP contribution in [0.2, 0.25) is 15.1 Å². The molecule has 6 aliphatic rings. The third-order valence-corrected chi connectivity index (χ3v) is 25.7. The van der Waals surface area contributed by atoms with Gasteiger partial charge in [-0.3, -0.25) is 0 Å². The Labute approximate surface area is 825 Å². The van der Waals surface area contributed by atoms with Crippen LogP contribution >= 0.6 is 34.8 Å². The molecule has 0 bridgehead atoms. The predicted octanol–water partition coefficient (Wildman–Crippen LogP) is 24.4. The van der Waals surface area contributed by atoms with Crippen molar-refractivity contribution in [3.05, 3.63) is 385 Å². The van der Waals surface area contributed by atoms with Crippen molar-refractivity contribution in [1.29, 1.82) is 0 Å². The molecule has 6 aliphatic heterocycles. The van der Waals surface area contributed by atoms with E-state index in [-0.39, 0.29) is 35.5 Å². The molecule has 732 valence electrons. The third kappa shape index (κ3) is 36.2. The van der Waals surface area contributed by atoms with E-state index in [1.54, 1.807) is 31.4 Å². The SMILES string of the molecule is COc1ccc(CNc2ccc([C@H]3CNCCO3)cc2)cc1.Cc1ccc(CNc2ccc([C@H]3CNCCO3)cc2)cc1.Clc1ccc(CNc2ccc(C3CNCCO3)cc2)cc1.FC(F)(F)C(Nc1ccc(CCC2CCCNC2)cc1)c1ccc(Cl)cc1.FC(F)(F)C(Nc1ccc(CCC2CCNC2)cc1)c1ccc(Cl)cc1.c1ccc(CCNc2ccc([C@H]3CNCCO3)cc2)cc1. The number of benzene rings is 12. The number of piperidine rings is 1. The summed E-state index contributed by atoms with van der Waals surface area (Å²) >= 11 is 17.5. The minimum absolute atomic E-state index is 0.139. The number of methoxy groups -OCH3 is 1. The maximum Gasteiger partial charge on any atom is 0.412 e. The normalized spacial score (nSPS) is 18.5. The van der Waals surface area contributed by atoms with Crippen LogP contribution in [0.1, 0.15) is 141 Å². The predicted molar refractivity (Wildman–Crippen MR) is 552 cm³/mol. The Morgan fingerprint density at radius 1 is 0.326 bits per heavy atom. The molecule has 12 aromatic carbocycles. The van der Waals surface area contributed by atoms with Crippen molar-refractivity contribution in [3.63, 3.8) is 0 Å². The molecule has 26 heteroatoms. The average molecular weight is 1950 g/mol. The summed E-state index contributed by atoms with van der Waals surface area (Å²) < 4.78 is 109. The molecule has 18 rings (SSSR count). The quantitative estimate of drug-likeness (QED) is 0.0190. The second-order valence-electron chi connectivity index (χ2n) is 35.3. The fraction of sp³-hybridized carbons (Fsp3) is 0.357. The Balaban J connectivity index is 0.000000140. The second-order valence-corrected chi connectivity index (χ2v) is 36.6. The fourth-order valence-corrected chi connectivity index (χ4v) is 17.2. The zero-order valence-electron chi connectivity index (χ0n) is 78.7. The molecule has 0 amide bonds. The van der Waals surface area contributed by atoms with Gasteiger partial charge in [-0.25, -0.2) is 0 Å². The number of halogens is 9. The summed E-state index contributed by atoms with van der Waals surface area (Å²) in [5, 5.41) is 40.7. The van der Waals surface area contributed by atoms with Crippen molar-refractivity contribution in [2.45, 2.75) is 127 Å². The van der Waals surface area contributed by atoms with Crippen LogP contribution in [0, 0.1) is 18.8 Å². The van der Waals surface area contributed by atoms with Crippen LogP contribution in [-0.2, 0) is 57.8 Å². The van der Waals surface area contributed by atoms with E-state index in [0.717, 1.165) is 202 Å². The molecule has 0 aromatic heterocycles. The van der Waals surface area contributed by atoms with Crippen LogP contribution < -0.4 is 68.5 Å². The standard InChI is InChI=1S/C21H24ClF3N2.C20H22ClF3N2.C18H22N2O2.2C18H22N2O.C17H19ClN2O/c22-18-9-7-17(8-10-18)20(21(23,24)25)27-19-11-5-15(6-12-19)3-4-16-2-1-13-26-14-16;21-17-7-5-16(6-8-17)19(20(22,23)24)26-18-9-3-14(4-10-18)1-2-15-11-12-25-13-15;1-21-17-8-2-14(3-9-17)12-20-16-6-4-15(5-7-16)18-13-19-10-11-22-18;1-14-2-4-15(5-3-14)12-20-17-8-6-16(7-9-17)18-13-19-10-11-21-18;1-2-4-15(5-3-1)10-11-20-17-8-6-16(7-9-17)18-14-19-12-13-21-18;18-15-5-1-13(2-6-15)11-20-16-7-3-14(4-8-16)17-12-19-9-10-21-17/h5-12,16,20,26-27H,1-4,13-14H2;3-10,15,19,25-26H,1-2,11-13H2;2-9,18-20H,10-13H2,1H3;2-9,18-20H,10-13H2,1H3;1-9,18-20H,10-14H2;1-8,17,19-20H,9-12H2/t;;3*18-;/m..111./s1. The van der Waals surface area contributed by atoms with Gasteiger partial charge in [-0.15, -0.1) is 0 Å². The largest absolute Gasteiger partial charge is 0.497 e. The van der Waals surface area contributed by atoms with E-state index in [1.807, 2.05) is 60.7 Å². The molecule has 138 heavy (non-hydrogen) atoms. The zero-order valence-corrected chi connectivity index (χ0v) is 80.9. The number of ether oxygens (including phenoxy) is 5. The summed E-state index contributed by atoms with van der Waals surface area (Å²) in [4.78, 5) is 0. The lowest BCUT2D eigenvalue weighted by molar-refractivity contribution is -0.144. The Bertz CT molecular complexity index is 5280. The van der Waals surface area contributed by atoms with Gasteiger partial charge in [-0.05, 0) is 284 Å². The smallest absolute Gasteiger partial charge is 0.412 e. The number of rotatable bonds is 30. The molecule has 8 atom stereocenters. The molecule has 6 fully saturated rings. The summed E-state index contributed by atoms with van der Waals surface area (Å²) in [5.41, 5.74) is 19.3. The number of hydrogen-bond acceptors (Lipinski definition) is 17. The van der Waals surface area contributed by atoms with Crippen LogP contribution in [0.5, 0.6) is 5.75 Å². The third-order valence-electron chi connectivity index (χ3n) is 24.9. The van der Waals surface area contributed by atoms with Gasteiger partial charge in [0.1, 0.15) is 17.8 Å². The van der Waals surface area contributed by atoms with Gasteiger partial charge in [0.25, 0.3) is 0 Å². The Morgan fingerprint density at radius 2 is 0.638 bits per heavy atom. The van der Waals surface area contributed by atoms with E-state index in [4.69, 9.17) is 58.5 Å². The van der Waals surface area contributed by atoms with Crippen LogP contribution in [-0.4, -0.2) is 131 Å². The highest BCUT2D eigenvalue weighted by Gasteiger charge is 2.42. The Hall–Kier alpha value is -10.7. The number of alkyl halides is 6. The van der Waals surface area contributed by atoms with Crippen molar-refractivity contribution >= 4 is 68.9 Å². The number of hydrogen-bond donors (Lipinski definition) is 12. The van der Waals surface area contributed by atoms with Crippen LogP contribution in [0.25, 0.3) is 0 Å². The van der Waals surface area contributed by atoms with Crippen LogP contribution in [0.3, 0.4) is 0 Å². The molecular formula is C112H131Cl3F6N12O5. The van der Waals surface area contributed by atoms with Gasteiger partial charge in [-0.1, -0.05) is 216 Å². The lowest BCUT2D eigenvalue weighted by Gasteiger charge is -2.24. The molecular weight excluding hydrogens is 1810 g/mol. The van der Waals surface area contributed by atoms with Gasteiger partial charge in [0.15, 0.2) is 0 Å². The molecule has 0 spiro atoms. The van der Waals surface area contributed by atoms with Gasteiger partial charge >= 0.3 is 12.4 Å². The minimum atomic E-state index is -4.40. The highest BCUT2D eigenvalue weighted by molar-refractivity contribution is 6.31. The summed E-state index contributed by atoms with van der Waals surface area (Å²) in [5.74, 6) is 2.28. The van der Waals surface area contributed by atoms with Gasteiger partial charge in [0, 0.05) is 128 Å². The van der Waals surface area contributed by atoms with Gasteiger partial charge in [0.05, 0.1) is 58.0 Å². The van der Waals surface area contributed by atoms with Gasteiger partial charge in [0.2, 0.25) is 0 Å². The lowest BCUT2D eigenvalue weighted by atomic mass is 9.93. The van der Waals surface area contributed by atoms with E-state index in [0.29, 0.717) is 33.3 Å². The van der Waals surface area contributed by atoms with Crippen LogP contribution in [0.4, 0.5) is 60.5 Å². The molecule has 6 heterocycles. The average Bonchev–Trinajstić information content (AvgIpc) is 0.861. The molecule has 5 unspecified atom stereocenters. The van der Waals surface area contributed by atoms with Crippen molar-refractivity contribution in [1.82, 2.24) is 31.9 Å². The molecule has 17 nitrogen and oxygen atoms in total. The first-order valence-electron chi connectivity index (χ1n) is 48.1. The summed E-state index contributed by atoms with van der Waals surface area (Å²) in [6.07, 6.45) is 0.743. The first kappa shape index (κ1) is 105. The number of aryl methyl sites for hydroxylation is 3. The second kappa shape index (κ2) is 55.9. The molecule has 0 aliphatic carbocycles. The zero-order chi connectivity index (χ0) is 96.4. The molecule has 6 saturated heterocycles. The molecule has 0 saturated carbocycles. The number of morpholine rings is 4. The van der Waals surface area contributed by atoms with Crippen molar-refractivity contribution < 1.29 is 50.0 Å². The van der Waals surface area contributed by atoms with E-state index >= 15 is 0 Å². The molecule has 12 N–H and O–H groups in total. The van der Waals surface area contributed by atoms with Crippen molar-refractivity contribution in [2.24, 2.45) is 11.8 Å². The highest BCUT2D eigenvalue weighted by atomic mass is 35.5. The van der Waals surface area contributed by atoms with E-state index in [2.05, 4.69) is 235 Å². The van der Waals surface area contributed by atoms with E-state index < -0.39 is 24.4 Å². The van der Waals surface area contributed by atoms with Gasteiger partial charge < -0.3 is 87.5 Å². The summed E-state index contributed by atoms with van der Waals surface area (Å²) in [7, 11) is 1.68. The van der Waals surface area contributed by atoms with E-state index in [9.17, 15) is 26.3 Å². The summed E-state index contributed by atoms with van der Waals surface area (Å²) in [6.45, 7) is 20.3. The first-order valence-corrected chi connectivity index (χ1v) is 49.2. The topological polar surface area (TPSA) is 191 Å². The maximum atomic E-state index is 13.5. The molecule has 12 aromatic rings. The number of anilines is 6. The van der Waals surface area contributed by atoms with Gasteiger partial charge in [-0.2, -0.15) is 26.3 Å². The van der Waals surface area contributed by atoms with Crippen molar-refractivity contribution in [3.8, 4) is 5.75 Å². The first-order chi connectivity index (χ1) is 67.2. The maximum absolute atomic E-state index is 13.5. The number of nitrogens with one attached hydrogen (secondary N) is 12. The molecule has 0 radical (unpaired) electrons. The minimum Gasteiger partial charge on any atom is -0.497 e. The lowest BCUT2D eigenvalue weighted by Crippen LogP contribution is -2.33. The summed E-state index contributed by atoms with van der Waals surface area (Å²) in [6, 6.07) is 91.7. The van der Waals surface area contributed by atoms with E-state index in [1.165, 1.54) is 124 Å². The Kier molecular flexibility index (Phi) is 42.4. The Morgan fingerprint density at radius 3 is 0.971 bits per heavy atom. The van der Waals surface area contributed by atoms with Crippen molar-refractivity contribution in [2.75, 3.05) is 151 Å². The fourth-order valence-electron chi connectivity index (χ4n) is 16.8. The highest BCUT2D eigenvalue weighted by Crippen LogP contribution is 2.39. The van der Waals surface area contributed by atoms with Crippen LogP contribution in [0.15, 0.2) is 297 Å².